The van der Waals surface area contributed by atoms with Gasteiger partial charge in [0.15, 0.2) is 6.10 Å². The molecular weight excluding hydrogens is 536 g/mol. The van der Waals surface area contributed by atoms with Gasteiger partial charge in [0.1, 0.15) is 29.9 Å². The zero-order chi connectivity index (χ0) is 28.5. The van der Waals surface area contributed by atoms with Crippen molar-refractivity contribution in [1.82, 2.24) is 20.2 Å². The molecule has 1 unspecified atom stereocenters. The van der Waals surface area contributed by atoms with E-state index >= 15 is 0 Å². The summed E-state index contributed by atoms with van der Waals surface area (Å²) in [5, 5.41) is 51.1. The van der Waals surface area contributed by atoms with Gasteiger partial charge in [0, 0.05) is 35.8 Å². The molecule has 0 amide bonds. The van der Waals surface area contributed by atoms with Crippen molar-refractivity contribution in [2.24, 2.45) is 0 Å². The van der Waals surface area contributed by atoms with Gasteiger partial charge < -0.3 is 44.9 Å². The largest absolute Gasteiger partial charge is 0.479 e. The second-order valence-corrected chi connectivity index (χ2v) is 9.72. The molecule has 2 fully saturated rings. The minimum absolute atomic E-state index is 0.228. The van der Waals surface area contributed by atoms with Crippen LogP contribution >= 0.6 is 0 Å². The summed E-state index contributed by atoms with van der Waals surface area (Å²) in [7, 11) is 0. The fourth-order valence-electron chi connectivity index (χ4n) is 4.73. The predicted octanol–water partition coefficient (Wildman–Crippen LogP) is 0.871. The molecule has 4 aromatic rings. The maximum Gasteiger partial charge on any atom is 0.335 e. The van der Waals surface area contributed by atoms with Crippen molar-refractivity contribution in [3.05, 3.63) is 54.7 Å². The van der Waals surface area contributed by atoms with Gasteiger partial charge in [-0.05, 0) is 30.3 Å². The molecule has 0 saturated carbocycles. The lowest BCUT2D eigenvalue weighted by Crippen LogP contribution is -2.61. The van der Waals surface area contributed by atoms with E-state index in [0.29, 0.717) is 49.3 Å². The standard InChI is InChI=1S/C27H28N6O8/c34-21-22(35)24(25(37)38)41-26(23(21)36)40-17-3-1-2-14(11-17)19-12-20(31-27(30-19)33-6-8-39-9-7-33)29-16-4-5-18-15(10-16)13-28-32-18/h1-5,10-13,21-24,26,34-36H,6-9H2,(H,28,32)(H,37,38)(H,29,30,31)/t21-,22-,23+,24-,26?/m1/s1. The summed E-state index contributed by atoms with van der Waals surface area (Å²) in [6, 6.07) is 14.3. The van der Waals surface area contributed by atoms with Crippen molar-refractivity contribution in [2.75, 3.05) is 36.5 Å². The Morgan fingerprint density at radius 2 is 1.85 bits per heavy atom. The minimum atomic E-state index is -1.81. The molecule has 6 N–H and O–H groups in total. The number of fused-ring (bicyclic) bond motifs is 1. The second-order valence-electron chi connectivity index (χ2n) is 9.72. The van der Waals surface area contributed by atoms with Crippen molar-refractivity contribution in [3.63, 3.8) is 0 Å². The average Bonchev–Trinajstić information content (AvgIpc) is 3.46. The molecule has 6 rings (SSSR count). The minimum Gasteiger partial charge on any atom is -0.479 e. The molecule has 14 nitrogen and oxygen atoms in total. The number of hydrogen-bond acceptors (Lipinski definition) is 12. The zero-order valence-electron chi connectivity index (χ0n) is 21.6. The number of anilines is 3. The highest BCUT2D eigenvalue weighted by Gasteiger charge is 2.48. The highest BCUT2D eigenvalue weighted by atomic mass is 16.7. The summed E-state index contributed by atoms with van der Waals surface area (Å²) in [6.45, 7) is 2.36. The molecule has 0 radical (unpaired) electrons. The van der Waals surface area contributed by atoms with Crippen LogP contribution < -0.4 is 15.0 Å². The van der Waals surface area contributed by atoms with Crippen LogP contribution in [0.1, 0.15) is 0 Å². The molecule has 14 heteroatoms. The first-order valence-electron chi connectivity index (χ1n) is 13.0. The number of benzene rings is 2. The normalized spacial score (nSPS) is 24.8. The highest BCUT2D eigenvalue weighted by molar-refractivity contribution is 5.83. The Balaban J connectivity index is 1.30. The van der Waals surface area contributed by atoms with Crippen LogP contribution in [0.4, 0.5) is 17.5 Å². The number of aromatic nitrogens is 4. The number of nitrogens with zero attached hydrogens (tertiary/aromatic N) is 4. The molecule has 41 heavy (non-hydrogen) atoms. The van der Waals surface area contributed by atoms with E-state index in [1.807, 2.05) is 29.2 Å². The smallest absolute Gasteiger partial charge is 0.335 e. The molecule has 0 spiro atoms. The Kier molecular flexibility index (Phi) is 7.38. The van der Waals surface area contributed by atoms with Gasteiger partial charge in [-0.1, -0.05) is 12.1 Å². The van der Waals surface area contributed by atoms with Gasteiger partial charge in [0.05, 0.1) is 30.6 Å². The molecule has 2 aliphatic rings. The first-order chi connectivity index (χ1) is 19.9. The number of rotatable bonds is 7. The van der Waals surface area contributed by atoms with Crippen LogP contribution in [0, 0.1) is 0 Å². The van der Waals surface area contributed by atoms with Gasteiger partial charge in [-0.25, -0.2) is 9.78 Å². The van der Waals surface area contributed by atoms with Crippen LogP contribution in [0.5, 0.6) is 5.75 Å². The van der Waals surface area contributed by atoms with Crippen LogP contribution in [0.3, 0.4) is 0 Å². The number of aromatic amines is 1. The van der Waals surface area contributed by atoms with E-state index in [9.17, 15) is 25.2 Å². The van der Waals surface area contributed by atoms with Crippen molar-refractivity contribution in [1.29, 1.82) is 0 Å². The van der Waals surface area contributed by atoms with Gasteiger partial charge in [-0.3, -0.25) is 5.10 Å². The van der Waals surface area contributed by atoms with Gasteiger partial charge in [-0.2, -0.15) is 10.1 Å². The number of aliphatic hydroxyl groups is 3. The number of ether oxygens (including phenoxy) is 3. The Labute approximate surface area is 233 Å². The number of nitrogens with one attached hydrogen (secondary N) is 2. The molecule has 5 atom stereocenters. The van der Waals surface area contributed by atoms with E-state index in [2.05, 4.69) is 15.5 Å². The van der Waals surface area contributed by atoms with Crippen molar-refractivity contribution in [3.8, 4) is 17.0 Å². The summed E-state index contributed by atoms with van der Waals surface area (Å²) in [6.07, 6.45) is -6.83. The summed E-state index contributed by atoms with van der Waals surface area (Å²) in [5.41, 5.74) is 2.94. The van der Waals surface area contributed by atoms with Crippen LogP contribution in [0.25, 0.3) is 22.2 Å². The molecule has 4 heterocycles. The molecule has 2 saturated heterocycles. The van der Waals surface area contributed by atoms with Crippen molar-refractivity contribution < 1.29 is 39.4 Å². The van der Waals surface area contributed by atoms with E-state index < -0.39 is 36.7 Å². The average molecular weight is 565 g/mol. The number of carbonyl (C=O) groups is 1. The van der Waals surface area contributed by atoms with Gasteiger partial charge >= 0.3 is 5.97 Å². The summed E-state index contributed by atoms with van der Waals surface area (Å²) < 4.78 is 16.5. The fourth-order valence-corrected chi connectivity index (χ4v) is 4.73. The molecule has 2 aliphatic heterocycles. The van der Waals surface area contributed by atoms with E-state index in [1.165, 1.54) is 0 Å². The van der Waals surface area contributed by atoms with Crippen molar-refractivity contribution >= 4 is 34.3 Å². The lowest BCUT2D eigenvalue weighted by molar-refractivity contribution is -0.271. The second kappa shape index (κ2) is 11.3. The molecule has 2 aromatic heterocycles. The molecule has 0 bridgehead atoms. The first kappa shape index (κ1) is 26.9. The Morgan fingerprint density at radius 3 is 2.66 bits per heavy atom. The van der Waals surface area contributed by atoms with Crippen LogP contribution in [-0.4, -0.2) is 104 Å². The third kappa shape index (κ3) is 5.64. The monoisotopic (exact) mass is 564 g/mol. The Morgan fingerprint density at radius 1 is 1.02 bits per heavy atom. The zero-order valence-corrected chi connectivity index (χ0v) is 21.6. The number of hydrogen-bond donors (Lipinski definition) is 6. The van der Waals surface area contributed by atoms with Gasteiger partial charge in [0.2, 0.25) is 12.2 Å². The third-order valence-corrected chi connectivity index (χ3v) is 6.92. The van der Waals surface area contributed by atoms with E-state index in [0.717, 1.165) is 16.6 Å². The number of carboxylic acid groups (broad SMARTS) is 1. The molecule has 0 aliphatic carbocycles. The topological polar surface area (TPSA) is 195 Å². The predicted molar refractivity (Wildman–Crippen MR) is 145 cm³/mol. The Bertz CT molecular complexity index is 1540. The van der Waals surface area contributed by atoms with Crippen molar-refractivity contribution in [2.45, 2.75) is 30.7 Å². The number of H-pyrrole nitrogens is 1. The van der Waals surface area contributed by atoms with E-state index in [-0.39, 0.29) is 5.75 Å². The summed E-state index contributed by atoms with van der Waals surface area (Å²) in [4.78, 5) is 23.0. The SMILES string of the molecule is O=C(O)[C@@H]1OC(Oc2cccc(-c3cc(Nc4ccc5[nH]ncc5c4)nc(N4CCOCC4)n3)c2)[C@@H](O)[C@H](O)[C@H]1O. The lowest BCUT2D eigenvalue weighted by atomic mass is 9.99. The quantitative estimate of drug-likeness (QED) is 0.185. The molecule has 214 valence electrons. The first-order valence-corrected chi connectivity index (χ1v) is 13.0. The maximum atomic E-state index is 11.5. The molecule has 2 aromatic carbocycles. The number of morpholine rings is 1. The van der Waals surface area contributed by atoms with Gasteiger partial charge in [-0.15, -0.1) is 0 Å². The third-order valence-electron chi connectivity index (χ3n) is 6.92. The van der Waals surface area contributed by atoms with Crippen LogP contribution in [0.15, 0.2) is 54.7 Å². The number of carboxylic acids is 1. The van der Waals surface area contributed by atoms with Crippen LogP contribution in [-0.2, 0) is 14.3 Å². The number of aliphatic carboxylic acids is 1. The Hall–Kier alpha value is -4.34. The summed E-state index contributed by atoms with van der Waals surface area (Å²) >= 11 is 0. The van der Waals surface area contributed by atoms with Gasteiger partial charge in [0.25, 0.3) is 0 Å². The maximum absolute atomic E-state index is 11.5. The molecular formula is C27H28N6O8. The van der Waals surface area contributed by atoms with Crippen LogP contribution in [0.2, 0.25) is 0 Å². The lowest BCUT2D eigenvalue weighted by Gasteiger charge is -2.38. The fraction of sp³-hybridized carbons (Fsp3) is 0.333. The number of aliphatic hydroxyl groups excluding tert-OH is 3. The highest BCUT2D eigenvalue weighted by Crippen LogP contribution is 2.30. The van der Waals surface area contributed by atoms with E-state index in [1.54, 1.807) is 30.5 Å². The summed E-state index contributed by atoms with van der Waals surface area (Å²) in [5.74, 6) is -0.199. The van der Waals surface area contributed by atoms with E-state index in [4.69, 9.17) is 24.2 Å².